The second-order valence-electron chi connectivity index (χ2n) is 4.23. The fourth-order valence-corrected chi connectivity index (χ4v) is 2.13. The van der Waals surface area contributed by atoms with Crippen LogP contribution in [0.15, 0.2) is 30.6 Å². The van der Waals surface area contributed by atoms with Crippen molar-refractivity contribution in [3.05, 3.63) is 53.6 Å². The summed E-state index contributed by atoms with van der Waals surface area (Å²) in [6, 6.07) is 3.04. The molecule has 2 aromatic rings. The molecule has 0 saturated carbocycles. The van der Waals surface area contributed by atoms with Crippen molar-refractivity contribution in [2.75, 3.05) is 6.54 Å². The van der Waals surface area contributed by atoms with E-state index in [-0.39, 0.29) is 5.56 Å². The van der Waals surface area contributed by atoms with Gasteiger partial charge in [0.25, 0.3) is 0 Å². The Bertz CT molecular complexity index is 551. The summed E-state index contributed by atoms with van der Waals surface area (Å²) in [5, 5.41) is 3.15. The fraction of sp³-hybridized carbons (Fsp3) is 0.357. The highest BCUT2D eigenvalue weighted by molar-refractivity contribution is 5.27. The third-order valence-electron chi connectivity index (χ3n) is 3.02. The summed E-state index contributed by atoms with van der Waals surface area (Å²) in [6.45, 7) is 5.27. The minimum Gasteiger partial charge on any atom is -0.334 e. The highest BCUT2D eigenvalue weighted by Crippen LogP contribution is 2.24. The maximum absolute atomic E-state index is 13.9. The Labute approximate surface area is 111 Å². The van der Waals surface area contributed by atoms with Crippen LogP contribution < -0.4 is 5.32 Å². The molecule has 0 radical (unpaired) electrons. The number of benzene rings is 1. The molecule has 0 spiro atoms. The number of imidazole rings is 1. The van der Waals surface area contributed by atoms with Crippen molar-refractivity contribution in [2.24, 2.45) is 0 Å². The number of hydrogen-bond donors (Lipinski definition) is 1. The highest BCUT2D eigenvalue weighted by Gasteiger charge is 2.21. The summed E-state index contributed by atoms with van der Waals surface area (Å²) in [4.78, 5) is 4.26. The summed E-state index contributed by atoms with van der Waals surface area (Å²) < 4.78 is 29.2. The zero-order valence-electron chi connectivity index (χ0n) is 11.0. The second kappa shape index (κ2) is 5.93. The zero-order chi connectivity index (χ0) is 13.8. The van der Waals surface area contributed by atoms with Crippen molar-refractivity contribution < 1.29 is 8.78 Å². The summed E-state index contributed by atoms with van der Waals surface area (Å²) in [6.07, 6.45) is 3.50. The first kappa shape index (κ1) is 13.7. The van der Waals surface area contributed by atoms with Crippen LogP contribution in [0.1, 0.15) is 31.3 Å². The van der Waals surface area contributed by atoms with Crippen LogP contribution in [0.3, 0.4) is 0 Å². The standard InChI is InChI=1S/C14H17F2N3/c1-3-17-13(14-18-7-8-19(14)4-2)11-9-10(15)5-6-12(11)16/h5-9,13,17H,3-4H2,1-2H3. The molecule has 1 aromatic carbocycles. The van der Waals surface area contributed by atoms with Crippen LogP contribution in [0.4, 0.5) is 8.78 Å². The lowest BCUT2D eigenvalue weighted by atomic mass is 10.0. The van der Waals surface area contributed by atoms with E-state index in [0.717, 1.165) is 18.7 Å². The van der Waals surface area contributed by atoms with Crippen molar-refractivity contribution in [3.63, 3.8) is 0 Å². The third kappa shape index (κ3) is 2.81. The molecule has 0 bridgehead atoms. The molecule has 1 unspecified atom stereocenters. The predicted octanol–water partition coefficient (Wildman–Crippen LogP) is 2.88. The van der Waals surface area contributed by atoms with Crippen LogP contribution in [0, 0.1) is 11.6 Å². The summed E-state index contributed by atoms with van der Waals surface area (Å²) in [7, 11) is 0. The lowest BCUT2D eigenvalue weighted by molar-refractivity contribution is 0.514. The quantitative estimate of drug-likeness (QED) is 0.901. The van der Waals surface area contributed by atoms with E-state index in [4.69, 9.17) is 0 Å². The monoisotopic (exact) mass is 265 g/mol. The van der Waals surface area contributed by atoms with Crippen molar-refractivity contribution >= 4 is 0 Å². The van der Waals surface area contributed by atoms with Crippen LogP contribution in [-0.4, -0.2) is 16.1 Å². The van der Waals surface area contributed by atoms with E-state index in [9.17, 15) is 8.78 Å². The molecule has 5 heteroatoms. The molecule has 0 aliphatic carbocycles. The molecule has 1 heterocycles. The van der Waals surface area contributed by atoms with E-state index >= 15 is 0 Å². The third-order valence-corrected chi connectivity index (χ3v) is 3.02. The maximum Gasteiger partial charge on any atom is 0.130 e. The van der Waals surface area contributed by atoms with Gasteiger partial charge >= 0.3 is 0 Å². The average molecular weight is 265 g/mol. The fourth-order valence-electron chi connectivity index (χ4n) is 2.13. The highest BCUT2D eigenvalue weighted by atomic mass is 19.1. The van der Waals surface area contributed by atoms with Gasteiger partial charge in [-0.2, -0.15) is 0 Å². The number of halogens is 2. The molecule has 3 nitrogen and oxygen atoms in total. The predicted molar refractivity (Wildman–Crippen MR) is 69.8 cm³/mol. The number of aryl methyl sites for hydroxylation is 1. The van der Waals surface area contributed by atoms with E-state index in [2.05, 4.69) is 10.3 Å². The number of nitrogens with one attached hydrogen (secondary N) is 1. The Kier molecular flexibility index (Phi) is 4.27. The molecule has 1 atom stereocenters. The Hall–Kier alpha value is -1.75. The van der Waals surface area contributed by atoms with Gasteiger partial charge < -0.3 is 9.88 Å². The number of nitrogens with zero attached hydrogens (tertiary/aromatic N) is 2. The minimum atomic E-state index is -0.450. The van der Waals surface area contributed by atoms with Gasteiger partial charge in [-0.15, -0.1) is 0 Å². The second-order valence-corrected chi connectivity index (χ2v) is 4.23. The molecule has 0 saturated heterocycles. The van der Waals surface area contributed by atoms with Gasteiger partial charge in [0.05, 0.1) is 6.04 Å². The van der Waals surface area contributed by atoms with Crippen LogP contribution in [0.2, 0.25) is 0 Å². The van der Waals surface area contributed by atoms with Gasteiger partial charge in [0.1, 0.15) is 17.5 Å². The van der Waals surface area contributed by atoms with E-state index < -0.39 is 17.7 Å². The van der Waals surface area contributed by atoms with E-state index in [1.54, 1.807) is 6.20 Å². The Morgan fingerprint density at radius 1 is 1.32 bits per heavy atom. The maximum atomic E-state index is 13.9. The van der Waals surface area contributed by atoms with Crippen molar-refractivity contribution in [2.45, 2.75) is 26.4 Å². The Morgan fingerprint density at radius 2 is 2.11 bits per heavy atom. The molecule has 0 aliphatic heterocycles. The van der Waals surface area contributed by atoms with Crippen molar-refractivity contribution in [1.82, 2.24) is 14.9 Å². The van der Waals surface area contributed by atoms with Crippen molar-refractivity contribution in [3.8, 4) is 0 Å². The topological polar surface area (TPSA) is 29.9 Å². The van der Waals surface area contributed by atoms with E-state index in [1.165, 1.54) is 6.07 Å². The van der Waals surface area contributed by atoms with Crippen LogP contribution >= 0.6 is 0 Å². The molecule has 0 aliphatic rings. The van der Waals surface area contributed by atoms with Crippen LogP contribution in [0.25, 0.3) is 0 Å². The van der Waals surface area contributed by atoms with Gasteiger partial charge in [0.2, 0.25) is 0 Å². The first-order chi connectivity index (χ1) is 9.17. The molecule has 1 aromatic heterocycles. The molecule has 0 amide bonds. The Balaban J connectivity index is 2.48. The molecule has 19 heavy (non-hydrogen) atoms. The average Bonchev–Trinajstić information content (AvgIpc) is 2.87. The van der Waals surface area contributed by atoms with Gasteiger partial charge in [-0.1, -0.05) is 6.92 Å². The lowest BCUT2D eigenvalue weighted by Gasteiger charge is -2.19. The van der Waals surface area contributed by atoms with Gasteiger partial charge in [-0.25, -0.2) is 13.8 Å². The Morgan fingerprint density at radius 3 is 2.79 bits per heavy atom. The van der Waals surface area contributed by atoms with Gasteiger partial charge in [0.15, 0.2) is 0 Å². The number of rotatable bonds is 5. The zero-order valence-corrected chi connectivity index (χ0v) is 11.0. The molecule has 102 valence electrons. The summed E-state index contributed by atoms with van der Waals surface area (Å²) >= 11 is 0. The van der Waals surface area contributed by atoms with E-state index in [0.29, 0.717) is 12.4 Å². The summed E-state index contributed by atoms with van der Waals surface area (Å²) in [5.41, 5.74) is 0.280. The summed E-state index contributed by atoms with van der Waals surface area (Å²) in [5.74, 6) is -0.194. The molecule has 1 N–H and O–H groups in total. The SMILES string of the molecule is CCNC(c1cc(F)ccc1F)c1nccn1CC. The molecular weight excluding hydrogens is 248 g/mol. The van der Waals surface area contributed by atoms with Crippen LogP contribution in [-0.2, 0) is 6.54 Å². The smallest absolute Gasteiger partial charge is 0.130 e. The van der Waals surface area contributed by atoms with Gasteiger partial charge in [0, 0.05) is 24.5 Å². The van der Waals surface area contributed by atoms with Crippen molar-refractivity contribution in [1.29, 1.82) is 0 Å². The number of hydrogen-bond acceptors (Lipinski definition) is 2. The molecule has 0 fully saturated rings. The largest absolute Gasteiger partial charge is 0.334 e. The first-order valence-electron chi connectivity index (χ1n) is 6.36. The minimum absolute atomic E-state index is 0.280. The van der Waals surface area contributed by atoms with Gasteiger partial charge in [-0.05, 0) is 31.7 Å². The normalized spacial score (nSPS) is 12.6. The van der Waals surface area contributed by atoms with E-state index in [1.807, 2.05) is 24.6 Å². The molecule has 2 rings (SSSR count). The lowest BCUT2D eigenvalue weighted by Crippen LogP contribution is -2.26. The first-order valence-corrected chi connectivity index (χ1v) is 6.36. The number of aromatic nitrogens is 2. The van der Waals surface area contributed by atoms with Gasteiger partial charge in [-0.3, -0.25) is 0 Å². The van der Waals surface area contributed by atoms with Crippen LogP contribution in [0.5, 0.6) is 0 Å². The molecular formula is C14H17F2N3.